The van der Waals surface area contributed by atoms with Crippen molar-refractivity contribution in [2.24, 2.45) is 0 Å². The van der Waals surface area contributed by atoms with Gasteiger partial charge in [0.15, 0.2) is 0 Å². The highest BCUT2D eigenvalue weighted by molar-refractivity contribution is 4.86. The van der Waals surface area contributed by atoms with Crippen molar-refractivity contribution in [2.75, 3.05) is 19.8 Å². The van der Waals surface area contributed by atoms with Gasteiger partial charge in [0, 0.05) is 37.7 Å². The van der Waals surface area contributed by atoms with Gasteiger partial charge in [-0.2, -0.15) is 5.10 Å². The van der Waals surface area contributed by atoms with E-state index in [2.05, 4.69) is 17.3 Å². The number of aromatic nitrogens is 2. The second-order valence-corrected chi connectivity index (χ2v) is 4.94. The summed E-state index contributed by atoms with van der Waals surface area (Å²) in [4.78, 5) is 0. The van der Waals surface area contributed by atoms with Gasteiger partial charge in [-0.05, 0) is 25.8 Å². The van der Waals surface area contributed by atoms with Crippen LogP contribution in [0.2, 0.25) is 0 Å². The van der Waals surface area contributed by atoms with Crippen LogP contribution in [-0.2, 0) is 11.3 Å². The number of β-amino-alcohol motifs (C(OH)–C–C–N with tert-alkyl or cyclic N) is 1. The quantitative estimate of drug-likeness (QED) is 0.781. The lowest BCUT2D eigenvalue weighted by Crippen LogP contribution is -2.49. The summed E-state index contributed by atoms with van der Waals surface area (Å²) in [5, 5.41) is 17.4. The number of ether oxygens (including phenoxy) is 1. The van der Waals surface area contributed by atoms with Crippen molar-refractivity contribution in [2.45, 2.75) is 38.0 Å². The highest BCUT2D eigenvalue weighted by atomic mass is 16.5. The van der Waals surface area contributed by atoms with E-state index in [-0.39, 0.29) is 5.54 Å². The lowest BCUT2D eigenvalue weighted by Gasteiger charge is -2.35. The van der Waals surface area contributed by atoms with Crippen LogP contribution in [-0.4, -0.2) is 46.3 Å². The zero-order valence-electron chi connectivity index (χ0n) is 10.3. The zero-order chi connectivity index (χ0) is 12.1. The first-order valence-corrected chi connectivity index (χ1v) is 6.16. The normalized spacial score (nSPS) is 21.3. The maximum atomic E-state index is 9.91. The molecule has 1 aliphatic heterocycles. The Morgan fingerprint density at radius 2 is 2.29 bits per heavy atom. The number of aliphatic hydroxyl groups is 1. The molecule has 1 saturated heterocycles. The molecule has 0 radical (unpaired) electrons. The third-order valence-electron chi connectivity index (χ3n) is 3.32. The molecule has 17 heavy (non-hydrogen) atoms. The van der Waals surface area contributed by atoms with Crippen LogP contribution in [0.5, 0.6) is 0 Å². The minimum atomic E-state index is -0.408. The number of nitrogens with zero attached hydrogens (tertiary/aromatic N) is 2. The van der Waals surface area contributed by atoms with Crippen molar-refractivity contribution in [3.8, 4) is 0 Å². The SMILES string of the molecule is CC1(NCC(O)Cn2cccn2)CCOCC1. The summed E-state index contributed by atoms with van der Waals surface area (Å²) in [5.41, 5.74) is 0.101. The molecule has 0 bridgehead atoms. The maximum Gasteiger partial charge on any atom is 0.0860 e. The van der Waals surface area contributed by atoms with Crippen molar-refractivity contribution in [1.29, 1.82) is 0 Å². The standard InChI is InChI=1S/C12H21N3O2/c1-12(3-7-17-8-4-12)13-9-11(16)10-15-6-2-5-14-15/h2,5-6,11,13,16H,3-4,7-10H2,1H3. The molecule has 1 aromatic rings. The van der Waals surface area contributed by atoms with E-state index in [1.165, 1.54) is 0 Å². The molecule has 5 heteroatoms. The Kier molecular flexibility index (Phi) is 4.15. The highest BCUT2D eigenvalue weighted by Crippen LogP contribution is 2.19. The molecule has 1 aliphatic rings. The van der Waals surface area contributed by atoms with Crippen LogP contribution in [0.3, 0.4) is 0 Å². The molecule has 1 atom stereocenters. The molecule has 5 nitrogen and oxygen atoms in total. The van der Waals surface area contributed by atoms with Gasteiger partial charge in [-0.15, -0.1) is 0 Å². The maximum absolute atomic E-state index is 9.91. The Bertz CT molecular complexity index is 321. The van der Waals surface area contributed by atoms with Crippen LogP contribution in [0.15, 0.2) is 18.5 Å². The van der Waals surface area contributed by atoms with Crippen molar-refractivity contribution >= 4 is 0 Å². The first-order chi connectivity index (χ1) is 8.18. The van der Waals surface area contributed by atoms with Gasteiger partial charge < -0.3 is 15.2 Å². The summed E-state index contributed by atoms with van der Waals surface area (Å²) in [7, 11) is 0. The van der Waals surface area contributed by atoms with Gasteiger partial charge in [-0.3, -0.25) is 4.68 Å². The third kappa shape index (κ3) is 3.80. The molecular formula is C12H21N3O2. The second-order valence-electron chi connectivity index (χ2n) is 4.94. The van der Waals surface area contributed by atoms with Gasteiger partial charge in [-0.1, -0.05) is 0 Å². The average molecular weight is 239 g/mol. The van der Waals surface area contributed by atoms with Crippen molar-refractivity contribution < 1.29 is 9.84 Å². The summed E-state index contributed by atoms with van der Waals surface area (Å²) < 4.78 is 7.09. The van der Waals surface area contributed by atoms with Crippen LogP contribution < -0.4 is 5.32 Å². The van der Waals surface area contributed by atoms with Gasteiger partial charge in [0.2, 0.25) is 0 Å². The Labute approximate surface area is 102 Å². The molecule has 0 aromatic carbocycles. The fourth-order valence-corrected chi connectivity index (χ4v) is 2.05. The largest absolute Gasteiger partial charge is 0.390 e. The van der Waals surface area contributed by atoms with Gasteiger partial charge in [0.25, 0.3) is 0 Å². The van der Waals surface area contributed by atoms with E-state index in [9.17, 15) is 5.11 Å². The molecule has 2 rings (SSSR count). The van der Waals surface area contributed by atoms with Gasteiger partial charge in [0.05, 0.1) is 12.6 Å². The highest BCUT2D eigenvalue weighted by Gasteiger charge is 2.27. The second kappa shape index (κ2) is 5.62. The molecule has 1 aromatic heterocycles. The molecule has 0 amide bonds. The topological polar surface area (TPSA) is 59.3 Å². The first-order valence-electron chi connectivity index (χ1n) is 6.16. The Morgan fingerprint density at radius 1 is 1.53 bits per heavy atom. The minimum Gasteiger partial charge on any atom is -0.390 e. The molecular weight excluding hydrogens is 218 g/mol. The number of hydrogen-bond acceptors (Lipinski definition) is 4. The Morgan fingerprint density at radius 3 is 2.94 bits per heavy atom. The summed E-state index contributed by atoms with van der Waals surface area (Å²) >= 11 is 0. The van der Waals surface area contributed by atoms with E-state index >= 15 is 0 Å². The minimum absolute atomic E-state index is 0.101. The Hall–Kier alpha value is -0.910. The van der Waals surface area contributed by atoms with E-state index in [0.29, 0.717) is 13.1 Å². The number of hydrogen-bond donors (Lipinski definition) is 2. The fourth-order valence-electron chi connectivity index (χ4n) is 2.05. The van der Waals surface area contributed by atoms with Crippen LogP contribution in [0.4, 0.5) is 0 Å². The van der Waals surface area contributed by atoms with Gasteiger partial charge in [0.1, 0.15) is 0 Å². The monoisotopic (exact) mass is 239 g/mol. The van der Waals surface area contributed by atoms with Gasteiger partial charge in [-0.25, -0.2) is 0 Å². The Balaban J connectivity index is 1.73. The molecule has 2 N–H and O–H groups in total. The summed E-state index contributed by atoms with van der Waals surface area (Å²) in [6.45, 7) is 4.93. The predicted octanol–water partition coefficient (Wildman–Crippen LogP) is 0.403. The molecule has 0 spiro atoms. The van der Waals surface area contributed by atoms with E-state index in [0.717, 1.165) is 26.1 Å². The molecule has 1 unspecified atom stereocenters. The fraction of sp³-hybridized carbons (Fsp3) is 0.750. The predicted molar refractivity (Wildman–Crippen MR) is 64.7 cm³/mol. The van der Waals surface area contributed by atoms with Crippen LogP contribution >= 0.6 is 0 Å². The lowest BCUT2D eigenvalue weighted by molar-refractivity contribution is 0.0373. The average Bonchev–Trinajstić information content (AvgIpc) is 2.80. The van der Waals surface area contributed by atoms with E-state index in [4.69, 9.17) is 4.74 Å². The number of aliphatic hydroxyl groups excluding tert-OH is 1. The van der Waals surface area contributed by atoms with Crippen molar-refractivity contribution in [3.63, 3.8) is 0 Å². The molecule has 96 valence electrons. The number of rotatable bonds is 5. The van der Waals surface area contributed by atoms with Crippen LogP contribution in [0, 0.1) is 0 Å². The van der Waals surface area contributed by atoms with E-state index < -0.39 is 6.10 Å². The van der Waals surface area contributed by atoms with Crippen LogP contribution in [0.25, 0.3) is 0 Å². The summed E-state index contributed by atoms with van der Waals surface area (Å²) in [6, 6.07) is 1.86. The van der Waals surface area contributed by atoms with Crippen molar-refractivity contribution in [3.05, 3.63) is 18.5 Å². The van der Waals surface area contributed by atoms with Crippen LogP contribution in [0.1, 0.15) is 19.8 Å². The molecule has 0 saturated carbocycles. The molecule has 2 heterocycles. The molecule has 0 aliphatic carbocycles. The van der Waals surface area contributed by atoms with E-state index in [1.54, 1.807) is 10.9 Å². The van der Waals surface area contributed by atoms with Gasteiger partial charge >= 0.3 is 0 Å². The smallest absolute Gasteiger partial charge is 0.0860 e. The first kappa shape index (κ1) is 12.5. The molecule has 1 fully saturated rings. The van der Waals surface area contributed by atoms with E-state index in [1.807, 2.05) is 12.3 Å². The summed E-state index contributed by atoms with van der Waals surface area (Å²) in [5.74, 6) is 0. The zero-order valence-corrected chi connectivity index (χ0v) is 10.3. The lowest BCUT2D eigenvalue weighted by atomic mass is 9.92. The third-order valence-corrected chi connectivity index (χ3v) is 3.32. The summed E-state index contributed by atoms with van der Waals surface area (Å²) in [6.07, 6.45) is 5.18. The number of nitrogens with one attached hydrogen (secondary N) is 1. The van der Waals surface area contributed by atoms with Crippen molar-refractivity contribution in [1.82, 2.24) is 15.1 Å².